The third-order valence-corrected chi connectivity index (χ3v) is 8.99. The number of carbonyl (C=O) groups is 7. The lowest BCUT2D eigenvalue weighted by Gasteiger charge is -2.28. The van der Waals surface area contributed by atoms with E-state index < -0.39 is 90.6 Å². The average Bonchev–Trinajstić information content (AvgIpc) is 3.68. The number of H-pyrrole nitrogens is 1. The van der Waals surface area contributed by atoms with Crippen molar-refractivity contribution in [1.29, 1.82) is 0 Å². The van der Waals surface area contributed by atoms with Crippen LogP contribution in [0.4, 0.5) is 0 Å². The largest absolute Gasteiger partial charge is 0.480 e. The number of hydrogen-bond donors (Lipinski definition) is 13. The van der Waals surface area contributed by atoms with Gasteiger partial charge in [-0.05, 0) is 37.5 Å². The van der Waals surface area contributed by atoms with Gasteiger partial charge >= 0.3 is 5.97 Å². The van der Waals surface area contributed by atoms with Gasteiger partial charge in [-0.15, -0.1) is 0 Å². The van der Waals surface area contributed by atoms with E-state index in [1.807, 2.05) is 6.92 Å². The van der Waals surface area contributed by atoms with Crippen LogP contribution in [0.5, 0.6) is 0 Å². The molecule has 57 heavy (non-hydrogen) atoms. The molecule has 0 fully saturated rings. The maximum Gasteiger partial charge on any atom is 0.326 e. The molecule has 1 heterocycles. The van der Waals surface area contributed by atoms with Crippen LogP contribution in [0.2, 0.25) is 0 Å². The number of aromatic nitrogens is 2. The summed E-state index contributed by atoms with van der Waals surface area (Å²) in [5.41, 5.74) is 28.0. The highest BCUT2D eigenvalue weighted by atomic mass is 16.4. The van der Waals surface area contributed by atoms with Gasteiger partial charge in [-0.3, -0.25) is 38.8 Å². The van der Waals surface area contributed by atoms with Crippen LogP contribution in [0.15, 0.2) is 22.5 Å². The van der Waals surface area contributed by atoms with Crippen LogP contribution in [0, 0.1) is 11.8 Å². The molecule has 0 aliphatic heterocycles. The summed E-state index contributed by atoms with van der Waals surface area (Å²) < 4.78 is 0. The van der Waals surface area contributed by atoms with Crippen LogP contribution in [-0.2, 0) is 40.0 Å². The second-order valence-electron chi connectivity index (χ2n) is 13.5. The average molecular weight is 808 g/mol. The first-order valence-electron chi connectivity index (χ1n) is 18.7. The zero-order valence-corrected chi connectivity index (χ0v) is 33.0. The van der Waals surface area contributed by atoms with Gasteiger partial charge in [0.25, 0.3) is 0 Å². The SMILES string of the molecule is CC[C@H](C)[C@H](N)C(=O)NCC(=O)NCC(=O)N[C@H](C(=O)N[C@@H](CCCN=C(N)N)C(=O)N[C@@H](CCCN=C(N)N)C(=O)N[C@@H](Cc1cnc[nH]1)C(=O)O)[C@@H](C)CC. The molecule has 7 atom stereocenters. The molecule has 0 aliphatic carbocycles. The number of nitrogens with one attached hydrogen (secondary N) is 7. The van der Waals surface area contributed by atoms with Crippen molar-refractivity contribution in [2.45, 2.75) is 103 Å². The summed E-state index contributed by atoms with van der Waals surface area (Å²) in [5, 5.41) is 24.9. The molecule has 0 radical (unpaired) electrons. The van der Waals surface area contributed by atoms with Gasteiger partial charge in [-0.2, -0.15) is 0 Å². The van der Waals surface area contributed by atoms with Crippen LogP contribution in [0.1, 0.15) is 71.9 Å². The number of rotatable bonds is 27. The third kappa shape index (κ3) is 19.4. The lowest BCUT2D eigenvalue weighted by atomic mass is 9.97. The Labute approximate surface area is 331 Å². The van der Waals surface area contributed by atoms with Crippen molar-refractivity contribution < 1.29 is 38.7 Å². The van der Waals surface area contributed by atoms with Crippen LogP contribution < -0.4 is 60.6 Å². The van der Waals surface area contributed by atoms with Crippen molar-refractivity contribution in [3.8, 4) is 0 Å². The maximum atomic E-state index is 13.8. The number of hydrogen-bond acceptors (Lipinski definition) is 11. The summed E-state index contributed by atoms with van der Waals surface area (Å²) in [7, 11) is 0. The van der Waals surface area contributed by atoms with Crippen molar-refractivity contribution in [2.75, 3.05) is 26.2 Å². The number of aromatic amines is 1. The minimum atomic E-state index is -1.39. The summed E-state index contributed by atoms with van der Waals surface area (Å²) in [6.45, 7) is 6.41. The van der Waals surface area contributed by atoms with Crippen molar-refractivity contribution in [2.24, 2.45) is 50.5 Å². The lowest BCUT2D eigenvalue weighted by molar-refractivity contribution is -0.142. The molecule has 0 aliphatic rings. The van der Waals surface area contributed by atoms with E-state index in [1.54, 1.807) is 20.8 Å². The second-order valence-corrected chi connectivity index (χ2v) is 13.5. The fraction of sp³-hybridized carbons (Fsp3) is 0.647. The number of nitrogens with two attached hydrogens (primary N) is 5. The van der Waals surface area contributed by atoms with Crippen LogP contribution in [0.25, 0.3) is 0 Å². The summed E-state index contributed by atoms with van der Waals surface area (Å²) >= 11 is 0. The van der Waals surface area contributed by atoms with E-state index >= 15 is 0 Å². The molecule has 6 amide bonds. The Bertz CT molecular complexity index is 1530. The number of imidazole rings is 1. The number of carboxylic acids is 1. The smallest absolute Gasteiger partial charge is 0.326 e. The molecule has 23 nitrogen and oxygen atoms in total. The topological polar surface area (TPSA) is 395 Å². The second kappa shape index (κ2) is 26.0. The van der Waals surface area contributed by atoms with E-state index in [9.17, 15) is 38.7 Å². The van der Waals surface area contributed by atoms with Crippen LogP contribution in [-0.4, -0.2) is 125 Å². The van der Waals surface area contributed by atoms with Crippen molar-refractivity contribution in [3.05, 3.63) is 18.2 Å². The zero-order valence-electron chi connectivity index (χ0n) is 33.0. The molecule has 0 aromatic carbocycles. The quantitative estimate of drug-likeness (QED) is 0.0228. The number of aliphatic imine (C=N–C) groups is 2. The Morgan fingerprint density at radius 1 is 0.719 bits per heavy atom. The van der Waals surface area contributed by atoms with Crippen LogP contribution >= 0.6 is 0 Å². The van der Waals surface area contributed by atoms with Gasteiger partial charge in [-0.25, -0.2) is 9.78 Å². The predicted octanol–water partition coefficient (Wildman–Crippen LogP) is -4.26. The summed E-state index contributed by atoms with van der Waals surface area (Å²) in [6.07, 6.45) is 4.09. The minimum Gasteiger partial charge on any atom is -0.480 e. The number of carboxylic acid groups (broad SMARTS) is 1. The van der Waals surface area contributed by atoms with E-state index in [-0.39, 0.29) is 63.0 Å². The van der Waals surface area contributed by atoms with Gasteiger partial charge in [-0.1, -0.05) is 40.5 Å². The summed E-state index contributed by atoms with van der Waals surface area (Å²) in [4.78, 5) is 105. The minimum absolute atomic E-state index is 0.0160. The van der Waals surface area contributed by atoms with Gasteiger partial charge in [0, 0.05) is 31.4 Å². The lowest BCUT2D eigenvalue weighted by Crippen LogP contribution is -2.59. The molecule has 0 bridgehead atoms. The van der Waals surface area contributed by atoms with Gasteiger partial charge in [0.1, 0.15) is 24.2 Å². The summed E-state index contributed by atoms with van der Waals surface area (Å²) in [6, 6.07) is -5.94. The highest BCUT2D eigenvalue weighted by Crippen LogP contribution is 2.11. The first kappa shape index (κ1) is 49.0. The molecule has 320 valence electrons. The third-order valence-electron chi connectivity index (χ3n) is 8.99. The molecule has 0 spiro atoms. The molecule has 18 N–H and O–H groups in total. The molecular weight excluding hydrogens is 746 g/mol. The fourth-order valence-corrected chi connectivity index (χ4v) is 5.13. The van der Waals surface area contributed by atoms with Gasteiger partial charge in [0.05, 0.1) is 25.5 Å². The van der Waals surface area contributed by atoms with Crippen molar-refractivity contribution in [3.63, 3.8) is 0 Å². The molecule has 1 aromatic rings. The molecule has 1 aromatic heterocycles. The number of carbonyl (C=O) groups excluding carboxylic acids is 6. The summed E-state index contributed by atoms with van der Waals surface area (Å²) in [5.74, 6) is -6.53. The Balaban J connectivity index is 3.17. The first-order valence-corrected chi connectivity index (χ1v) is 18.7. The highest BCUT2D eigenvalue weighted by Gasteiger charge is 2.33. The van der Waals surface area contributed by atoms with Gasteiger partial charge in [0.2, 0.25) is 35.4 Å². The molecule has 0 saturated carbocycles. The van der Waals surface area contributed by atoms with E-state index in [0.717, 1.165) is 0 Å². The molecule has 0 unspecified atom stereocenters. The Morgan fingerprint density at radius 2 is 1.23 bits per heavy atom. The first-order chi connectivity index (χ1) is 26.9. The number of guanidine groups is 2. The number of nitrogens with zero attached hydrogens (tertiary/aromatic N) is 3. The van der Waals surface area contributed by atoms with E-state index in [2.05, 4.69) is 51.9 Å². The van der Waals surface area contributed by atoms with E-state index in [4.69, 9.17) is 28.7 Å². The predicted molar refractivity (Wildman–Crippen MR) is 210 cm³/mol. The van der Waals surface area contributed by atoms with Crippen LogP contribution in [0.3, 0.4) is 0 Å². The standard InChI is InChI=1S/C34H61N15O8/c1-5-18(3)26(35)30(54)44-15-24(50)43-16-25(51)49-27(19(4)6-2)31(55)47-22(10-8-12-42-34(38)39)28(52)46-21(9-7-11-41-33(36)37)29(53)48-23(32(56)57)13-20-14-40-17-45-20/h14,17-19,21-23,26-27H,5-13,15-16,35H2,1-4H3,(H,40,45)(H,43,50)(H,44,54)(H,46,52)(H,47,55)(H,48,53)(H,49,51)(H,56,57)(H4,36,37,41)(H4,38,39,42)/t18-,19-,21-,22-,23-,26-,27-/m0/s1. The van der Waals surface area contributed by atoms with Gasteiger partial charge in [0.15, 0.2) is 11.9 Å². The molecule has 1 rings (SSSR count). The van der Waals surface area contributed by atoms with Crippen molar-refractivity contribution >= 4 is 53.3 Å². The van der Waals surface area contributed by atoms with E-state index in [0.29, 0.717) is 18.5 Å². The van der Waals surface area contributed by atoms with Gasteiger partial charge < -0.3 is 70.7 Å². The normalized spacial score (nSPS) is 14.5. The monoisotopic (exact) mass is 807 g/mol. The number of aliphatic carboxylic acids is 1. The van der Waals surface area contributed by atoms with E-state index in [1.165, 1.54) is 12.5 Å². The molecule has 23 heteroatoms. The maximum absolute atomic E-state index is 13.8. The highest BCUT2D eigenvalue weighted by molar-refractivity contribution is 5.96. The van der Waals surface area contributed by atoms with Crippen molar-refractivity contribution in [1.82, 2.24) is 41.9 Å². The zero-order chi connectivity index (χ0) is 43.1. The Hall–Kier alpha value is -6.00. The molecule has 0 saturated heterocycles. The fourth-order valence-electron chi connectivity index (χ4n) is 5.13. The molecular formula is C34H61N15O8. The number of amides is 6. The Morgan fingerprint density at radius 3 is 1.70 bits per heavy atom. The Kier molecular flexibility index (Phi) is 22.3.